The van der Waals surface area contributed by atoms with Crippen molar-refractivity contribution >= 4 is 29.9 Å². The van der Waals surface area contributed by atoms with E-state index in [9.17, 15) is 0 Å². The molecule has 0 amide bonds. The van der Waals surface area contributed by atoms with E-state index in [0.29, 0.717) is 6.10 Å². The molecule has 1 aliphatic heterocycles. The number of aliphatic imine (C=N–C) groups is 1. The third-order valence-electron chi connectivity index (χ3n) is 4.16. The first-order valence-corrected chi connectivity index (χ1v) is 8.03. The van der Waals surface area contributed by atoms with Crippen molar-refractivity contribution in [2.75, 3.05) is 26.2 Å². The molecular formula is C15H30IN3O. The third kappa shape index (κ3) is 6.61. The largest absolute Gasteiger partial charge is 0.378 e. The van der Waals surface area contributed by atoms with Crippen LogP contribution in [0.1, 0.15) is 57.8 Å². The molecule has 0 aromatic rings. The van der Waals surface area contributed by atoms with Crippen molar-refractivity contribution in [3.05, 3.63) is 0 Å². The van der Waals surface area contributed by atoms with Crippen LogP contribution in [0.15, 0.2) is 4.99 Å². The summed E-state index contributed by atoms with van der Waals surface area (Å²) in [4.78, 5) is 6.73. The molecule has 0 aromatic heterocycles. The molecule has 0 radical (unpaired) electrons. The maximum absolute atomic E-state index is 6.06. The fraction of sp³-hybridized carbons (Fsp3) is 0.933. The van der Waals surface area contributed by atoms with Crippen LogP contribution in [0.3, 0.4) is 0 Å². The van der Waals surface area contributed by atoms with E-state index in [1.165, 1.54) is 51.4 Å². The van der Waals surface area contributed by atoms with Crippen molar-refractivity contribution in [2.45, 2.75) is 63.9 Å². The number of nitrogens with two attached hydrogens (primary N) is 1. The van der Waals surface area contributed by atoms with E-state index in [4.69, 9.17) is 10.5 Å². The van der Waals surface area contributed by atoms with Crippen molar-refractivity contribution < 1.29 is 4.74 Å². The number of hydrogen-bond donors (Lipinski definition) is 1. The number of rotatable bonds is 5. The minimum atomic E-state index is 0. The van der Waals surface area contributed by atoms with Gasteiger partial charge in [0, 0.05) is 26.2 Å². The lowest BCUT2D eigenvalue weighted by molar-refractivity contribution is 0.0579. The second-order valence-corrected chi connectivity index (χ2v) is 5.77. The van der Waals surface area contributed by atoms with Crippen molar-refractivity contribution in [1.82, 2.24) is 4.90 Å². The lowest BCUT2D eigenvalue weighted by atomic mass is 10.2. The van der Waals surface area contributed by atoms with Crippen LogP contribution < -0.4 is 5.73 Å². The van der Waals surface area contributed by atoms with Gasteiger partial charge in [0.1, 0.15) is 0 Å². The third-order valence-corrected chi connectivity index (χ3v) is 4.16. The van der Waals surface area contributed by atoms with Gasteiger partial charge < -0.3 is 15.4 Å². The molecule has 1 aliphatic carbocycles. The molecule has 1 saturated heterocycles. The zero-order valence-corrected chi connectivity index (χ0v) is 14.9. The molecule has 2 aliphatic rings. The van der Waals surface area contributed by atoms with Gasteiger partial charge in [-0.2, -0.15) is 0 Å². The van der Waals surface area contributed by atoms with Gasteiger partial charge in [-0.1, -0.05) is 25.7 Å². The fourth-order valence-corrected chi connectivity index (χ4v) is 2.96. The molecule has 0 atom stereocenters. The second-order valence-electron chi connectivity index (χ2n) is 5.77. The molecule has 0 aromatic carbocycles. The lowest BCUT2D eigenvalue weighted by Gasteiger charge is -2.21. The topological polar surface area (TPSA) is 50.9 Å². The van der Waals surface area contributed by atoms with Crippen molar-refractivity contribution in [1.29, 1.82) is 0 Å². The average molecular weight is 395 g/mol. The number of likely N-dealkylation sites (tertiary alicyclic amines) is 1. The number of guanidine groups is 1. The molecule has 5 heteroatoms. The highest BCUT2D eigenvalue weighted by molar-refractivity contribution is 14.0. The second kappa shape index (κ2) is 10.7. The smallest absolute Gasteiger partial charge is 0.191 e. The molecule has 0 bridgehead atoms. The first-order valence-electron chi connectivity index (χ1n) is 8.03. The van der Waals surface area contributed by atoms with Crippen LogP contribution >= 0.6 is 24.0 Å². The molecule has 0 spiro atoms. The molecule has 2 N–H and O–H groups in total. The summed E-state index contributed by atoms with van der Waals surface area (Å²) in [6.45, 7) is 3.79. The Bertz CT molecular complexity index is 272. The highest BCUT2D eigenvalue weighted by Gasteiger charge is 2.14. The van der Waals surface area contributed by atoms with E-state index < -0.39 is 0 Å². The van der Waals surface area contributed by atoms with Crippen molar-refractivity contribution in [3.63, 3.8) is 0 Å². The SMILES string of the molecule is I.NC(=NCCCOC1CCCC1)N1CCCCCC1. The Kier molecular flexibility index (Phi) is 9.59. The highest BCUT2D eigenvalue weighted by Crippen LogP contribution is 2.20. The summed E-state index contributed by atoms with van der Waals surface area (Å²) in [6, 6.07) is 0. The molecule has 118 valence electrons. The monoisotopic (exact) mass is 395 g/mol. The Morgan fingerprint density at radius 2 is 1.70 bits per heavy atom. The van der Waals surface area contributed by atoms with E-state index in [0.717, 1.165) is 38.6 Å². The minimum absolute atomic E-state index is 0. The van der Waals surface area contributed by atoms with E-state index in [-0.39, 0.29) is 24.0 Å². The Balaban J connectivity index is 0.00000200. The van der Waals surface area contributed by atoms with Crippen LogP contribution in [0.5, 0.6) is 0 Å². The summed E-state index contributed by atoms with van der Waals surface area (Å²) in [6.07, 6.45) is 11.9. The summed E-state index contributed by atoms with van der Waals surface area (Å²) in [5, 5.41) is 0. The van der Waals surface area contributed by atoms with Crippen LogP contribution in [0.25, 0.3) is 0 Å². The Hall–Kier alpha value is -0.0400. The maximum atomic E-state index is 6.06. The highest BCUT2D eigenvalue weighted by atomic mass is 127. The Morgan fingerprint density at radius 1 is 1.05 bits per heavy atom. The zero-order chi connectivity index (χ0) is 13.3. The molecule has 4 nitrogen and oxygen atoms in total. The molecule has 2 fully saturated rings. The van der Waals surface area contributed by atoms with Gasteiger partial charge in [-0.25, -0.2) is 0 Å². The molecule has 1 saturated carbocycles. The van der Waals surface area contributed by atoms with Gasteiger partial charge in [0.15, 0.2) is 5.96 Å². The maximum Gasteiger partial charge on any atom is 0.191 e. The number of hydrogen-bond acceptors (Lipinski definition) is 2. The molecule has 20 heavy (non-hydrogen) atoms. The van der Waals surface area contributed by atoms with Crippen molar-refractivity contribution in [2.24, 2.45) is 10.7 Å². The summed E-state index contributed by atoms with van der Waals surface area (Å²) in [5.41, 5.74) is 6.06. The number of halogens is 1. The molecular weight excluding hydrogens is 365 g/mol. The van der Waals surface area contributed by atoms with Crippen LogP contribution in [0.4, 0.5) is 0 Å². The number of nitrogens with zero attached hydrogens (tertiary/aromatic N) is 2. The molecule has 2 rings (SSSR count). The van der Waals surface area contributed by atoms with Crippen molar-refractivity contribution in [3.8, 4) is 0 Å². The predicted molar refractivity (Wildman–Crippen MR) is 94.8 cm³/mol. The summed E-state index contributed by atoms with van der Waals surface area (Å²) in [5.74, 6) is 0.739. The molecule has 1 heterocycles. The number of ether oxygens (including phenoxy) is 1. The van der Waals surface area contributed by atoms with Gasteiger partial charge >= 0.3 is 0 Å². The van der Waals surface area contributed by atoms with Gasteiger partial charge in [0.25, 0.3) is 0 Å². The van der Waals surface area contributed by atoms with Gasteiger partial charge in [-0.05, 0) is 32.1 Å². The Labute approximate surface area is 140 Å². The van der Waals surface area contributed by atoms with E-state index in [1.54, 1.807) is 0 Å². The van der Waals surface area contributed by atoms with Gasteiger partial charge in [0.05, 0.1) is 6.10 Å². The van der Waals surface area contributed by atoms with Crippen LogP contribution in [-0.4, -0.2) is 43.2 Å². The quantitative estimate of drug-likeness (QED) is 0.337. The fourth-order valence-electron chi connectivity index (χ4n) is 2.96. The first-order chi connectivity index (χ1) is 9.36. The van der Waals surface area contributed by atoms with Crippen LogP contribution in [0.2, 0.25) is 0 Å². The predicted octanol–water partition coefficient (Wildman–Crippen LogP) is 3.14. The average Bonchev–Trinajstić information content (AvgIpc) is 2.78. The summed E-state index contributed by atoms with van der Waals surface area (Å²) < 4.78 is 5.83. The Morgan fingerprint density at radius 3 is 2.35 bits per heavy atom. The first kappa shape index (κ1) is 18.0. The standard InChI is InChI=1S/C15H29N3O.HI/c16-15(18-11-5-1-2-6-12-18)17-10-7-13-19-14-8-3-4-9-14;/h14H,1-13H2,(H2,16,17);1H. The lowest BCUT2D eigenvalue weighted by Crippen LogP contribution is -2.38. The van der Waals surface area contributed by atoms with Crippen LogP contribution in [0, 0.1) is 0 Å². The molecule has 0 unspecified atom stereocenters. The van der Waals surface area contributed by atoms with E-state index in [2.05, 4.69) is 9.89 Å². The minimum Gasteiger partial charge on any atom is -0.378 e. The summed E-state index contributed by atoms with van der Waals surface area (Å²) in [7, 11) is 0. The summed E-state index contributed by atoms with van der Waals surface area (Å²) >= 11 is 0. The van der Waals surface area contributed by atoms with E-state index >= 15 is 0 Å². The zero-order valence-electron chi connectivity index (χ0n) is 12.6. The van der Waals surface area contributed by atoms with E-state index in [1.807, 2.05) is 0 Å². The van der Waals surface area contributed by atoms with Gasteiger partial charge in [-0.15, -0.1) is 24.0 Å². The van der Waals surface area contributed by atoms with Gasteiger partial charge in [0.2, 0.25) is 0 Å². The van der Waals surface area contributed by atoms with Crippen LogP contribution in [-0.2, 0) is 4.74 Å². The van der Waals surface area contributed by atoms with Gasteiger partial charge in [-0.3, -0.25) is 4.99 Å². The normalized spacial score (nSPS) is 21.6.